The lowest BCUT2D eigenvalue weighted by Gasteiger charge is -2.34. The number of anilines is 1. The molecule has 2 aromatic carbocycles. The fourth-order valence-corrected chi connectivity index (χ4v) is 5.15. The number of hydrogen-bond acceptors (Lipinski definition) is 4. The molecule has 2 atom stereocenters. The van der Waals surface area contributed by atoms with Gasteiger partial charge in [0, 0.05) is 35.0 Å². The predicted octanol–water partition coefficient (Wildman–Crippen LogP) is 5.64. The van der Waals surface area contributed by atoms with E-state index in [9.17, 15) is 5.26 Å². The normalized spacial score (nSPS) is 21.2. The number of nitriles is 1. The summed E-state index contributed by atoms with van der Waals surface area (Å²) in [4.78, 5) is 4.38. The van der Waals surface area contributed by atoms with E-state index >= 15 is 0 Å². The highest BCUT2D eigenvalue weighted by Crippen LogP contribution is 2.54. The maximum atomic E-state index is 9.47. The molecule has 0 saturated heterocycles. The van der Waals surface area contributed by atoms with Crippen molar-refractivity contribution in [1.82, 2.24) is 4.98 Å². The number of thiazole rings is 1. The molecule has 5 rings (SSSR count). The lowest BCUT2D eigenvalue weighted by molar-refractivity contribution is 0.342. The summed E-state index contributed by atoms with van der Waals surface area (Å²) in [6.45, 7) is 3.11. The molecule has 140 valence electrons. The molecule has 1 N–H and O–H groups in total. The van der Waals surface area contributed by atoms with Gasteiger partial charge in [0.25, 0.3) is 0 Å². The van der Waals surface area contributed by atoms with Gasteiger partial charge < -0.3 is 5.32 Å². The van der Waals surface area contributed by atoms with Crippen molar-refractivity contribution in [2.75, 3.05) is 11.9 Å². The highest BCUT2D eigenvalue weighted by atomic mass is 32.1. The second-order valence-electron chi connectivity index (χ2n) is 7.89. The number of benzene rings is 2. The van der Waals surface area contributed by atoms with Gasteiger partial charge in [0.2, 0.25) is 0 Å². The first kappa shape index (κ1) is 17.7. The van der Waals surface area contributed by atoms with Crippen LogP contribution in [0.4, 0.5) is 5.13 Å². The summed E-state index contributed by atoms with van der Waals surface area (Å²) in [6.07, 6.45) is 4.75. The van der Waals surface area contributed by atoms with Gasteiger partial charge in [-0.25, -0.2) is 4.98 Å². The Morgan fingerprint density at radius 1 is 1.31 bits per heavy atom. The van der Waals surface area contributed by atoms with Gasteiger partial charge in [0.05, 0.1) is 11.6 Å². The maximum Gasteiger partial charge on any atom is 0.182 e. The molecule has 1 aromatic heterocycles. The Morgan fingerprint density at radius 3 is 3.03 bits per heavy atom. The third-order valence-electron chi connectivity index (χ3n) is 5.93. The summed E-state index contributed by atoms with van der Waals surface area (Å²) in [5.41, 5.74) is 13.3. The SMILES string of the molecule is C[C@@]1(CNc2nccs2)Cc2ccc(C#N)cc2[C@@H]1C1=C=C=Cc2ccccc21. The van der Waals surface area contributed by atoms with Crippen molar-refractivity contribution in [3.05, 3.63) is 93.3 Å². The van der Waals surface area contributed by atoms with E-state index in [-0.39, 0.29) is 11.3 Å². The summed E-state index contributed by atoms with van der Waals surface area (Å²) in [6, 6.07) is 16.8. The summed E-state index contributed by atoms with van der Waals surface area (Å²) in [5, 5.41) is 15.9. The van der Waals surface area contributed by atoms with Crippen LogP contribution >= 0.6 is 11.3 Å². The van der Waals surface area contributed by atoms with Crippen LogP contribution in [0.2, 0.25) is 0 Å². The van der Waals surface area contributed by atoms with Gasteiger partial charge in [-0.15, -0.1) is 11.3 Å². The number of nitrogens with one attached hydrogen (secondary N) is 1. The van der Waals surface area contributed by atoms with Gasteiger partial charge in [-0.3, -0.25) is 0 Å². The monoisotopic (exact) mass is 393 g/mol. The van der Waals surface area contributed by atoms with Crippen LogP contribution in [0.1, 0.15) is 40.7 Å². The smallest absolute Gasteiger partial charge is 0.182 e. The van der Waals surface area contributed by atoms with Crippen molar-refractivity contribution in [3.63, 3.8) is 0 Å². The first-order chi connectivity index (χ1) is 14.2. The molecular weight excluding hydrogens is 374 g/mol. The molecule has 2 aliphatic rings. The second kappa shape index (κ2) is 6.92. The lowest BCUT2D eigenvalue weighted by Crippen LogP contribution is -2.31. The molecule has 1 heterocycles. The molecule has 4 heteroatoms. The lowest BCUT2D eigenvalue weighted by atomic mass is 9.71. The molecular formula is C25H19N3S. The quantitative estimate of drug-likeness (QED) is 0.584. The average molecular weight is 394 g/mol. The van der Waals surface area contributed by atoms with E-state index in [0.29, 0.717) is 5.56 Å². The largest absolute Gasteiger partial charge is 0.361 e. The summed E-state index contributed by atoms with van der Waals surface area (Å²) >= 11 is 1.62. The van der Waals surface area contributed by atoms with Crippen LogP contribution < -0.4 is 5.32 Å². The van der Waals surface area contributed by atoms with Crippen LogP contribution in [0, 0.1) is 16.7 Å². The molecule has 29 heavy (non-hydrogen) atoms. The Bertz CT molecular complexity index is 1240. The Kier molecular flexibility index (Phi) is 4.23. The number of hydrogen-bond donors (Lipinski definition) is 1. The van der Waals surface area contributed by atoms with Crippen LogP contribution in [0.3, 0.4) is 0 Å². The second-order valence-corrected chi connectivity index (χ2v) is 8.79. The van der Waals surface area contributed by atoms with Crippen molar-refractivity contribution in [1.29, 1.82) is 5.26 Å². The third kappa shape index (κ3) is 3.03. The molecule has 0 radical (unpaired) electrons. The maximum absolute atomic E-state index is 9.47. The third-order valence-corrected chi connectivity index (χ3v) is 6.66. The van der Waals surface area contributed by atoms with Crippen LogP contribution in [-0.2, 0) is 6.42 Å². The van der Waals surface area contributed by atoms with Crippen LogP contribution in [0.15, 0.2) is 65.5 Å². The highest BCUT2D eigenvalue weighted by Gasteiger charge is 2.45. The number of nitrogens with zero attached hydrogens (tertiary/aromatic N) is 2. The molecule has 3 aromatic rings. The first-order valence-corrected chi connectivity index (χ1v) is 10.5. The van der Waals surface area contributed by atoms with E-state index < -0.39 is 0 Å². The van der Waals surface area contributed by atoms with Crippen molar-refractivity contribution < 1.29 is 0 Å². The zero-order valence-corrected chi connectivity index (χ0v) is 16.9. The Labute approximate surface area is 174 Å². The van der Waals surface area contributed by atoms with Crippen molar-refractivity contribution in [2.24, 2.45) is 5.41 Å². The fourth-order valence-electron chi connectivity index (χ4n) is 4.62. The minimum atomic E-state index is -0.0729. The molecule has 2 aliphatic carbocycles. The van der Waals surface area contributed by atoms with Crippen molar-refractivity contribution >= 4 is 28.1 Å². The number of allylic oxidation sites excluding steroid dienone is 1. The van der Waals surface area contributed by atoms with Crippen LogP contribution in [-0.4, -0.2) is 11.5 Å². The van der Waals surface area contributed by atoms with E-state index in [1.54, 1.807) is 11.3 Å². The van der Waals surface area contributed by atoms with Gasteiger partial charge in [-0.05, 0) is 46.9 Å². The van der Waals surface area contributed by atoms with E-state index in [2.05, 4.69) is 71.2 Å². The minimum absolute atomic E-state index is 0.0729. The van der Waals surface area contributed by atoms with E-state index in [4.69, 9.17) is 0 Å². The molecule has 0 saturated carbocycles. The van der Waals surface area contributed by atoms with E-state index in [0.717, 1.165) is 23.7 Å². The molecule has 0 amide bonds. The van der Waals surface area contributed by atoms with E-state index in [1.165, 1.54) is 22.3 Å². The molecule has 3 nitrogen and oxygen atoms in total. The van der Waals surface area contributed by atoms with Gasteiger partial charge in [-0.2, -0.15) is 5.26 Å². The zero-order valence-electron chi connectivity index (χ0n) is 16.1. The van der Waals surface area contributed by atoms with Crippen molar-refractivity contribution in [3.8, 4) is 6.07 Å². The number of fused-ring (bicyclic) bond motifs is 2. The van der Waals surface area contributed by atoms with Crippen molar-refractivity contribution in [2.45, 2.75) is 19.3 Å². The number of aromatic nitrogens is 1. The Hall–Kier alpha value is -3.34. The summed E-state index contributed by atoms with van der Waals surface area (Å²) < 4.78 is 0. The fraction of sp³-hybridized carbons (Fsp3) is 0.200. The predicted molar refractivity (Wildman–Crippen MR) is 118 cm³/mol. The Morgan fingerprint density at radius 2 is 2.21 bits per heavy atom. The molecule has 0 aliphatic heterocycles. The Balaban J connectivity index is 1.63. The average Bonchev–Trinajstić information content (AvgIpc) is 3.37. The van der Waals surface area contributed by atoms with Gasteiger partial charge in [0.15, 0.2) is 5.13 Å². The first-order valence-electron chi connectivity index (χ1n) is 9.65. The van der Waals surface area contributed by atoms with Crippen LogP contribution in [0.25, 0.3) is 11.6 Å². The molecule has 0 spiro atoms. The topological polar surface area (TPSA) is 48.7 Å². The molecule has 0 bridgehead atoms. The minimum Gasteiger partial charge on any atom is -0.361 e. The van der Waals surface area contributed by atoms with Gasteiger partial charge >= 0.3 is 0 Å². The number of rotatable bonds is 4. The standard InChI is InChI=1S/C25H19N3S/c1-25(16-28-24-27-11-12-29-24)14-19-10-9-17(15-26)13-22(19)23(25)21-8-4-6-18-5-2-3-7-20(18)21/h2-3,5-7,9-13,23H,14,16H2,1H3,(H,27,28)/t23-,25-/m0/s1. The zero-order chi connectivity index (χ0) is 19.8. The van der Waals surface area contributed by atoms with E-state index in [1.807, 2.05) is 23.7 Å². The van der Waals surface area contributed by atoms with Gasteiger partial charge in [0.1, 0.15) is 0 Å². The molecule has 0 fully saturated rings. The summed E-state index contributed by atoms with van der Waals surface area (Å²) in [7, 11) is 0. The van der Waals surface area contributed by atoms with Gasteiger partial charge in [-0.1, -0.05) is 48.7 Å². The molecule has 0 unspecified atom stereocenters. The highest BCUT2D eigenvalue weighted by molar-refractivity contribution is 7.13. The van der Waals surface area contributed by atoms with Crippen LogP contribution in [0.5, 0.6) is 0 Å². The summed E-state index contributed by atoms with van der Waals surface area (Å²) in [5.74, 6) is 0.126.